The molecule has 1 atom stereocenters. The maximum absolute atomic E-state index is 11.8. The number of aromatic amines is 1. The number of benzene rings is 1. The zero-order valence-electron chi connectivity index (χ0n) is 11.3. The molecule has 104 valence electrons. The molecule has 1 aliphatic rings. The molecule has 20 heavy (non-hydrogen) atoms. The fraction of sp³-hybridized carbons (Fsp3) is 0.333. The number of nitrogens with one attached hydrogen (secondary N) is 1. The molecular formula is C15H17N3O2. The highest BCUT2D eigenvalue weighted by molar-refractivity contribution is 5.80. The van der Waals surface area contributed by atoms with Gasteiger partial charge in [0.05, 0.1) is 17.9 Å². The molecule has 1 amide bonds. The highest BCUT2D eigenvalue weighted by Crippen LogP contribution is 2.22. The highest BCUT2D eigenvalue weighted by atomic mass is 16.3. The number of rotatable bonds is 2. The van der Waals surface area contributed by atoms with Crippen molar-refractivity contribution < 1.29 is 9.90 Å². The number of aliphatic hydroxyl groups excluding tert-OH is 1. The van der Waals surface area contributed by atoms with Crippen LogP contribution in [0.2, 0.25) is 0 Å². The van der Waals surface area contributed by atoms with Crippen LogP contribution < -0.4 is 0 Å². The zero-order chi connectivity index (χ0) is 14.1. The molecule has 1 aromatic carbocycles. The number of hydrogen-bond acceptors (Lipinski definition) is 3. The van der Waals surface area contributed by atoms with Crippen LogP contribution in [0.5, 0.6) is 0 Å². The van der Waals surface area contributed by atoms with E-state index >= 15 is 0 Å². The van der Waals surface area contributed by atoms with E-state index in [0.29, 0.717) is 13.1 Å². The molecule has 3 rings (SSSR count). The van der Waals surface area contributed by atoms with Gasteiger partial charge in [-0.1, -0.05) is 30.3 Å². The predicted octanol–water partition coefficient (Wildman–Crippen LogP) is 1.34. The second kappa shape index (κ2) is 5.09. The Kier molecular flexibility index (Phi) is 3.28. The fourth-order valence-electron chi connectivity index (χ4n) is 2.48. The Morgan fingerprint density at radius 3 is 2.85 bits per heavy atom. The van der Waals surface area contributed by atoms with Gasteiger partial charge in [-0.3, -0.25) is 4.79 Å². The SMILES string of the molecule is C[C@H](O)C(=O)N1CCc2nc(-c3ccccc3)[nH]c2C1. The van der Waals surface area contributed by atoms with Crippen LogP contribution in [0.15, 0.2) is 30.3 Å². The average molecular weight is 271 g/mol. The van der Waals surface area contributed by atoms with E-state index < -0.39 is 6.10 Å². The fourth-order valence-corrected chi connectivity index (χ4v) is 2.48. The molecule has 2 N–H and O–H groups in total. The van der Waals surface area contributed by atoms with Gasteiger partial charge in [-0.2, -0.15) is 0 Å². The van der Waals surface area contributed by atoms with Gasteiger partial charge >= 0.3 is 0 Å². The average Bonchev–Trinajstić information content (AvgIpc) is 2.90. The van der Waals surface area contributed by atoms with Crippen LogP contribution in [-0.4, -0.2) is 38.5 Å². The maximum atomic E-state index is 11.8. The largest absolute Gasteiger partial charge is 0.384 e. The lowest BCUT2D eigenvalue weighted by atomic mass is 10.1. The van der Waals surface area contributed by atoms with Gasteiger partial charge in [-0.05, 0) is 6.92 Å². The Balaban J connectivity index is 1.85. The second-order valence-corrected chi connectivity index (χ2v) is 5.06. The van der Waals surface area contributed by atoms with Crippen molar-refractivity contribution in [3.8, 4) is 11.4 Å². The molecule has 0 aliphatic carbocycles. The molecule has 2 aromatic rings. The number of imidazole rings is 1. The van der Waals surface area contributed by atoms with E-state index in [1.165, 1.54) is 6.92 Å². The zero-order valence-corrected chi connectivity index (χ0v) is 11.3. The van der Waals surface area contributed by atoms with Gasteiger partial charge < -0.3 is 15.0 Å². The molecule has 5 heteroatoms. The summed E-state index contributed by atoms with van der Waals surface area (Å²) < 4.78 is 0. The topological polar surface area (TPSA) is 69.2 Å². The van der Waals surface area contributed by atoms with Gasteiger partial charge in [-0.15, -0.1) is 0 Å². The van der Waals surface area contributed by atoms with Crippen molar-refractivity contribution in [2.45, 2.75) is 26.0 Å². The van der Waals surface area contributed by atoms with Gasteiger partial charge in [0.1, 0.15) is 11.9 Å². The predicted molar refractivity (Wildman–Crippen MR) is 74.8 cm³/mol. The first kappa shape index (κ1) is 12.9. The Hall–Kier alpha value is -2.14. The summed E-state index contributed by atoms with van der Waals surface area (Å²) in [5.74, 6) is 0.605. The number of nitrogens with zero attached hydrogens (tertiary/aromatic N) is 2. The molecule has 0 bridgehead atoms. The smallest absolute Gasteiger partial charge is 0.251 e. The van der Waals surface area contributed by atoms with E-state index in [1.807, 2.05) is 30.3 Å². The Labute approximate surface area is 117 Å². The molecule has 0 saturated carbocycles. The van der Waals surface area contributed by atoms with Crippen molar-refractivity contribution in [3.05, 3.63) is 41.7 Å². The van der Waals surface area contributed by atoms with Crippen molar-refractivity contribution >= 4 is 5.91 Å². The first-order valence-electron chi connectivity index (χ1n) is 6.75. The van der Waals surface area contributed by atoms with Gasteiger partial charge in [0, 0.05) is 18.5 Å². The number of carbonyl (C=O) groups is 1. The summed E-state index contributed by atoms with van der Waals surface area (Å²) in [4.78, 5) is 21.4. The quantitative estimate of drug-likeness (QED) is 0.866. The monoisotopic (exact) mass is 271 g/mol. The lowest BCUT2D eigenvalue weighted by Crippen LogP contribution is -2.41. The van der Waals surface area contributed by atoms with Gasteiger partial charge in [0.15, 0.2) is 0 Å². The summed E-state index contributed by atoms with van der Waals surface area (Å²) >= 11 is 0. The van der Waals surface area contributed by atoms with Gasteiger partial charge in [0.2, 0.25) is 0 Å². The van der Waals surface area contributed by atoms with E-state index in [2.05, 4.69) is 9.97 Å². The lowest BCUT2D eigenvalue weighted by Gasteiger charge is -2.27. The van der Waals surface area contributed by atoms with Crippen molar-refractivity contribution in [2.75, 3.05) is 6.54 Å². The summed E-state index contributed by atoms with van der Waals surface area (Å²) in [6.07, 6.45) is -0.231. The number of amides is 1. The minimum Gasteiger partial charge on any atom is -0.384 e. The Bertz CT molecular complexity index is 619. The molecule has 1 aliphatic heterocycles. The van der Waals surface area contributed by atoms with E-state index in [-0.39, 0.29) is 5.91 Å². The second-order valence-electron chi connectivity index (χ2n) is 5.06. The van der Waals surface area contributed by atoms with Crippen molar-refractivity contribution in [2.24, 2.45) is 0 Å². The van der Waals surface area contributed by atoms with Crippen molar-refractivity contribution in [3.63, 3.8) is 0 Å². The van der Waals surface area contributed by atoms with Crippen LogP contribution >= 0.6 is 0 Å². The summed E-state index contributed by atoms with van der Waals surface area (Å²) in [6, 6.07) is 9.92. The molecular weight excluding hydrogens is 254 g/mol. The van der Waals surface area contributed by atoms with Crippen LogP contribution in [0.25, 0.3) is 11.4 Å². The Morgan fingerprint density at radius 2 is 2.15 bits per heavy atom. The number of H-pyrrole nitrogens is 1. The van der Waals surface area contributed by atoms with E-state index in [0.717, 1.165) is 29.2 Å². The van der Waals surface area contributed by atoms with Crippen molar-refractivity contribution in [1.29, 1.82) is 0 Å². The van der Waals surface area contributed by atoms with Crippen LogP contribution in [0.3, 0.4) is 0 Å². The van der Waals surface area contributed by atoms with Crippen LogP contribution in [0, 0.1) is 0 Å². The molecule has 0 unspecified atom stereocenters. The third kappa shape index (κ3) is 2.32. The summed E-state index contributed by atoms with van der Waals surface area (Å²) in [5, 5.41) is 9.39. The number of aromatic nitrogens is 2. The minimum absolute atomic E-state index is 0.230. The number of hydrogen-bond donors (Lipinski definition) is 2. The number of carbonyl (C=O) groups excluding carboxylic acids is 1. The maximum Gasteiger partial charge on any atom is 0.251 e. The molecule has 0 spiro atoms. The van der Waals surface area contributed by atoms with Crippen LogP contribution in [0.1, 0.15) is 18.3 Å². The van der Waals surface area contributed by atoms with Gasteiger partial charge in [-0.25, -0.2) is 4.98 Å². The molecule has 5 nitrogen and oxygen atoms in total. The molecule has 1 aromatic heterocycles. The number of aliphatic hydroxyl groups is 1. The van der Waals surface area contributed by atoms with E-state index in [1.54, 1.807) is 4.90 Å². The molecule has 0 fully saturated rings. The van der Waals surface area contributed by atoms with E-state index in [4.69, 9.17) is 0 Å². The number of fused-ring (bicyclic) bond motifs is 1. The van der Waals surface area contributed by atoms with Crippen LogP contribution in [-0.2, 0) is 17.8 Å². The van der Waals surface area contributed by atoms with Crippen LogP contribution in [0.4, 0.5) is 0 Å². The minimum atomic E-state index is -0.951. The first-order chi connectivity index (χ1) is 9.65. The third-order valence-electron chi connectivity index (χ3n) is 3.55. The molecule has 0 saturated heterocycles. The molecule has 2 heterocycles. The lowest BCUT2D eigenvalue weighted by molar-refractivity contribution is -0.140. The standard InChI is InChI=1S/C15H17N3O2/c1-10(19)15(20)18-8-7-12-13(9-18)17-14(16-12)11-5-3-2-4-6-11/h2-6,10,19H,7-9H2,1H3,(H,16,17)/t10-/m0/s1. The summed E-state index contributed by atoms with van der Waals surface area (Å²) in [6.45, 7) is 2.59. The first-order valence-corrected chi connectivity index (χ1v) is 6.75. The normalized spacial score (nSPS) is 15.8. The molecule has 0 radical (unpaired) electrons. The van der Waals surface area contributed by atoms with E-state index in [9.17, 15) is 9.90 Å². The summed E-state index contributed by atoms with van der Waals surface area (Å²) in [7, 11) is 0. The van der Waals surface area contributed by atoms with Gasteiger partial charge in [0.25, 0.3) is 5.91 Å². The highest BCUT2D eigenvalue weighted by Gasteiger charge is 2.25. The third-order valence-corrected chi connectivity index (χ3v) is 3.55. The Morgan fingerprint density at radius 1 is 1.40 bits per heavy atom. The van der Waals surface area contributed by atoms with Crippen molar-refractivity contribution in [1.82, 2.24) is 14.9 Å². The summed E-state index contributed by atoms with van der Waals surface area (Å²) in [5.41, 5.74) is 3.01.